The molecule has 1 aliphatic heterocycles. The SMILES string of the molecule is Cc1cc(S(=O)(=O)N2C[C@@H](O)[C@@H](O)C2)sc1Cl. The average molecular weight is 298 g/mol. The summed E-state index contributed by atoms with van der Waals surface area (Å²) in [5.74, 6) is 0. The van der Waals surface area contributed by atoms with Gasteiger partial charge in [-0.25, -0.2) is 8.42 Å². The predicted molar refractivity (Wildman–Crippen MR) is 64.8 cm³/mol. The summed E-state index contributed by atoms with van der Waals surface area (Å²) in [6, 6.07) is 1.50. The van der Waals surface area contributed by atoms with Crippen LogP contribution in [-0.4, -0.2) is 48.2 Å². The van der Waals surface area contributed by atoms with Crippen LogP contribution in [0.1, 0.15) is 5.56 Å². The van der Waals surface area contributed by atoms with E-state index in [1.165, 1.54) is 6.07 Å². The molecular weight excluding hydrogens is 286 g/mol. The lowest BCUT2D eigenvalue weighted by molar-refractivity contribution is 0.0572. The number of halogens is 1. The maximum Gasteiger partial charge on any atom is 0.252 e. The molecule has 2 rings (SSSR count). The molecule has 8 heteroatoms. The molecule has 2 heterocycles. The summed E-state index contributed by atoms with van der Waals surface area (Å²) < 4.78 is 25.9. The highest BCUT2D eigenvalue weighted by molar-refractivity contribution is 7.91. The molecule has 1 aromatic heterocycles. The summed E-state index contributed by atoms with van der Waals surface area (Å²) >= 11 is 6.82. The molecule has 5 nitrogen and oxygen atoms in total. The van der Waals surface area contributed by atoms with Gasteiger partial charge < -0.3 is 10.2 Å². The minimum absolute atomic E-state index is 0.0853. The van der Waals surface area contributed by atoms with E-state index in [9.17, 15) is 18.6 Å². The molecule has 0 amide bonds. The van der Waals surface area contributed by atoms with Crippen LogP contribution in [0.4, 0.5) is 0 Å². The van der Waals surface area contributed by atoms with Gasteiger partial charge in [0, 0.05) is 13.1 Å². The van der Waals surface area contributed by atoms with Crippen molar-refractivity contribution in [2.24, 2.45) is 0 Å². The van der Waals surface area contributed by atoms with Gasteiger partial charge in [-0.15, -0.1) is 11.3 Å². The Bertz CT molecular complexity index is 498. The number of hydrogen-bond acceptors (Lipinski definition) is 5. The van der Waals surface area contributed by atoms with E-state index in [1.807, 2.05) is 0 Å². The van der Waals surface area contributed by atoms with Crippen molar-refractivity contribution in [2.75, 3.05) is 13.1 Å². The Hall–Kier alpha value is -0.180. The lowest BCUT2D eigenvalue weighted by Crippen LogP contribution is -2.29. The normalized spacial score (nSPS) is 26.6. The lowest BCUT2D eigenvalue weighted by Gasteiger charge is -2.13. The molecule has 17 heavy (non-hydrogen) atoms. The summed E-state index contributed by atoms with van der Waals surface area (Å²) in [5.41, 5.74) is 0.704. The molecule has 0 saturated carbocycles. The summed E-state index contributed by atoms with van der Waals surface area (Å²) in [6.07, 6.45) is -2.05. The molecular formula is C9H12ClNO4S2. The summed E-state index contributed by atoms with van der Waals surface area (Å²) in [5, 5.41) is 18.7. The number of β-amino-alcohol motifs (C(OH)–C–C–N with tert-alkyl or cyclic N) is 2. The number of hydrogen-bond donors (Lipinski definition) is 2. The third-order valence-corrected chi connectivity index (χ3v) is 6.49. The highest BCUT2D eigenvalue weighted by atomic mass is 35.5. The smallest absolute Gasteiger partial charge is 0.252 e. The van der Waals surface area contributed by atoms with Crippen molar-refractivity contribution >= 4 is 33.0 Å². The second-order valence-corrected chi connectivity index (χ2v) is 7.80. The maximum atomic E-state index is 12.1. The number of sulfonamides is 1. The Morgan fingerprint density at radius 1 is 1.41 bits per heavy atom. The Labute approximate surface area is 108 Å². The summed E-state index contributed by atoms with van der Waals surface area (Å²) in [7, 11) is -3.66. The standard InChI is InChI=1S/C9H12ClNO4S2/c1-5-2-8(16-9(5)10)17(14,15)11-3-6(12)7(13)4-11/h2,6-7,12-13H,3-4H2,1H3/t6-,7+. The Morgan fingerprint density at radius 2 is 1.94 bits per heavy atom. The molecule has 1 saturated heterocycles. The molecule has 0 aliphatic carbocycles. The van der Waals surface area contributed by atoms with Crippen molar-refractivity contribution in [2.45, 2.75) is 23.3 Å². The first kappa shape index (κ1) is 13.3. The highest BCUT2D eigenvalue weighted by Crippen LogP contribution is 2.33. The van der Waals surface area contributed by atoms with E-state index in [1.54, 1.807) is 6.92 Å². The number of thiophene rings is 1. The molecule has 0 radical (unpaired) electrons. The first-order valence-corrected chi connectivity index (χ1v) is 7.58. The fourth-order valence-corrected chi connectivity index (χ4v) is 4.96. The van der Waals surface area contributed by atoms with Crippen molar-refractivity contribution < 1.29 is 18.6 Å². The van der Waals surface area contributed by atoms with Gasteiger partial charge in [0.2, 0.25) is 0 Å². The minimum atomic E-state index is -3.66. The van der Waals surface area contributed by atoms with Crippen LogP contribution >= 0.6 is 22.9 Å². The van der Waals surface area contributed by atoms with Gasteiger partial charge in [0.1, 0.15) is 4.21 Å². The van der Waals surface area contributed by atoms with Gasteiger partial charge in [-0.3, -0.25) is 0 Å². The van der Waals surface area contributed by atoms with Crippen LogP contribution in [0, 0.1) is 6.92 Å². The largest absolute Gasteiger partial charge is 0.389 e. The Morgan fingerprint density at radius 3 is 2.35 bits per heavy atom. The third-order valence-electron chi connectivity index (χ3n) is 2.65. The quantitative estimate of drug-likeness (QED) is 0.830. The molecule has 1 fully saturated rings. The number of aryl methyl sites for hydroxylation is 1. The van der Waals surface area contributed by atoms with Crippen molar-refractivity contribution in [3.8, 4) is 0 Å². The van der Waals surface area contributed by atoms with Gasteiger partial charge >= 0.3 is 0 Å². The number of aliphatic hydroxyl groups is 2. The fraction of sp³-hybridized carbons (Fsp3) is 0.556. The number of nitrogens with zero attached hydrogens (tertiary/aromatic N) is 1. The molecule has 0 unspecified atom stereocenters. The van der Waals surface area contributed by atoms with Gasteiger partial charge in [-0.1, -0.05) is 11.6 Å². The third kappa shape index (κ3) is 2.35. The number of rotatable bonds is 2. The van der Waals surface area contributed by atoms with E-state index in [4.69, 9.17) is 11.6 Å². The zero-order valence-corrected chi connectivity index (χ0v) is 11.4. The highest BCUT2D eigenvalue weighted by Gasteiger charge is 2.38. The van der Waals surface area contributed by atoms with Crippen molar-refractivity contribution in [1.82, 2.24) is 4.31 Å². The van der Waals surface area contributed by atoms with E-state index in [0.717, 1.165) is 15.6 Å². The minimum Gasteiger partial charge on any atom is -0.389 e. The van der Waals surface area contributed by atoms with E-state index in [-0.39, 0.29) is 17.3 Å². The van der Waals surface area contributed by atoms with Crippen LogP contribution in [0.2, 0.25) is 4.34 Å². The Kier molecular flexibility index (Phi) is 3.50. The second kappa shape index (κ2) is 4.49. The summed E-state index contributed by atoms with van der Waals surface area (Å²) in [6.45, 7) is 1.56. The van der Waals surface area contributed by atoms with Gasteiger partial charge in [0.15, 0.2) is 0 Å². The molecule has 1 aliphatic rings. The first-order valence-electron chi connectivity index (χ1n) is 4.94. The molecule has 2 N–H and O–H groups in total. The van der Waals surface area contributed by atoms with E-state index < -0.39 is 22.2 Å². The van der Waals surface area contributed by atoms with Gasteiger partial charge in [-0.05, 0) is 18.6 Å². The van der Waals surface area contributed by atoms with Gasteiger partial charge in [0.25, 0.3) is 10.0 Å². The van der Waals surface area contributed by atoms with Crippen LogP contribution in [0.25, 0.3) is 0 Å². The molecule has 2 atom stereocenters. The maximum absolute atomic E-state index is 12.1. The summed E-state index contributed by atoms with van der Waals surface area (Å²) in [4.78, 5) is 0. The molecule has 96 valence electrons. The Balaban J connectivity index is 2.31. The van der Waals surface area contributed by atoms with E-state index in [0.29, 0.717) is 9.90 Å². The zero-order chi connectivity index (χ0) is 12.8. The van der Waals surface area contributed by atoms with Gasteiger partial charge in [-0.2, -0.15) is 4.31 Å². The second-order valence-electron chi connectivity index (χ2n) is 3.98. The van der Waals surface area contributed by atoms with Crippen LogP contribution in [0.15, 0.2) is 10.3 Å². The van der Waals surface area contributed by atoms with Crippen LogP contribution < -0.4 is 0 Å². The lowest BCUT2D eigenvalue weighted by atomic mass is 10.3. The van der Waals surface area contributed by atoms with Crippen LogP contribution in [0.5, 0.6) is 0 Å². The molecule has 0 aromatic carbocycles. The van der Waals surface area contributed by atoms with E-state index in [2.05, 4.69) is 0 Å². The monoisotopic (exact) mass is 297 g/mol. The predicted octanol–water partition coefficient (Wildman–Crippen LogP) is 0.436. The topological polar surface area (TPSA) is 77.8 Å². The van der Waals surface area contributed by atoms with Crippen molar-refractivity contribution in [3.05, 3.63) is 16.0 Å². The fourth-order valence-electron chi connectivity index (χ4n) is 1.62. The number of aliphatic hydroxyl groups excluding tert-OH is 2. The van der Waals surface area contributed by atoms with Crippen LogP contribution in [0.3, 0.4) is 0 Å². The molecule has 1 aromatic rings. The van der Waals surface area contributed by atoms with Crippen LogP contribution in [-0.2, 0) is 10.0 Å². The average Bonchev–Trinajstić information content (AvgIpc) is 2.74. The molecule has 0 bridgehead atoms. The van der Waals surface area contributed by atoms with Gasteiger partial charge in [0.05, 0.1) is 16.5 Å². The van der Waals surface area contributed by atoms with Crippen molar-refractivity contribution in [3.63, 3.8) is 0 Å². The van der Waals surface area contributed by atoms with E-state index >= 15 is 0 Å². The first-order chi connectivity index (χ1) is 7.82. The van der Waals surface area contributed by atoms with Crippen molar-refractivity contribution in [1.29, 1.82) is 0 Å². The molecule has 0 spiro atoms. The zero-order valence-electron chi connectivity index (χ0n) is 9.00.